The summed E-state index contributed by atoms with van der Waals surface area (Å²) in [6.07, 6.45) is -0.697. The summed E-state index contributed by atoms with van der Waals surface area (Å²) in [5.41, 5.74) is -0.0105. The number of ether oxygens (including phenoxy) is 1. The molecule has 0 saturated carbocycles. The molecule has 1 heterocycles. The van der Waals surface area contributed by atoms with Gasteiger partial charge in [-0.15, -0.1) is 0 Å². The highest BCUT2D eigenvalue weighted by Gasteiger charge is 2.42. The van der Waals surface area contributed by atoms with E-state index in [0.717, 1.165) is 0 Å². The molecule has 1 aromatic rings. The molecular formula is C14H20O4S. The predicted octanol–water partition coefficient (Wildman–Crippen LogP) is 1.97. The second-order valence-electron chi connectivity index (χ2n) is 5.88. The maximum atomic E-state index is 12.5. The fourth-order valence-corrected chi connectivity index (χ4v) is 5.00. The molecule has 0 unspecified atom stereocenters. The fraction of sp³-hybridized carbons (Fsp3) is 0.571. The molecule has 1 aliphatic heterocycles. The quantitative estimate of drug-likeness (QED) is 0.856. The summed E-state index contributed by atoms with van der Waals surface area (Å²) < 4.78 is 30.1. The van der Waals surface area contributed by atoms with E-state index in [1.807, 2.05) is 6.92 Å². The van der Waals surface area contributed by atoms with Crippen LogP contribution < -0.4 is 4.74 Å². The minimum absolute atomic E-state index is 0.0638. The van der Waals surface area contributed by atoms with Gasteiger partial charge in [0.15, 0.2) is 9.84 Å². The number of rotatable bonds is 1. The minimum Gasteiger partial charge on any atom is -0.497 e. The average molecular weight is 284 g/mol. The molecule has 2 atom stereocenters. The third-order valence-corrected chi connectivity index (χ3v) is 6.03. The van der Waals surface area contributed by atoms with Crippen LogP contribution in [-0.4, -0.2) is 32.5 Å². The van der Waals surface area contributed by atoms with Crippen molar-refractivity contribution in [2.24, 2.45) is 5.41 Å². The van der Waals surface area contributed by atoms with Crippen molar-refractivity contribution in [1.29, 1.82) is 0 Å². The third-order valence-electron chi connectivity index (χ3n) is 3.88. The van der Waals surface area contributed by atoms with Gasteiger partial charge >= 0.3 is 0 Å². The van der Waals surface area contributed by atoms with Crippen LogP contribution in [0.25, 0.3) is 0 Å². The van der Waals surface area contributed by atoms with E-state index >= 15 is 0 Å². The van der Waals surface area contributed by atoms with Crippen molar-refractivity contribution in [3.8, 4) is 5.75 Å². The van der Waals surface area contributed by atoms with Crippen LogP contribution in [0.1, 0.15) is 32.3 Å². The molecule has 5 heteroatoms. The van der Waals surface area contributed by atoms with E-state index in [0.29, 0.717) is 11.3 Å². The van der Waals surface area contributed by atoms with Crippen LogP contribution in [-0.2, 0) is 9.84 Å². The molecule has 0 amide bonds. The summed E-state index contributed by atoms with van der Waals surface area (Å²) in [4.78, 5) is 0.281. The van der Waals surface area contributed by atoms with Crippen molar-refractivity contribution in [3.63, 3.8) is 0 Å². The van der Waals surface area contributed by atoms with Gasteiger partial charge in [0, 0.05) is 11.3 Å². The van der Waals surface area contributed by atoms with Crippen LogP contribution in [0.5, 0.6) is 5.75 Å². The molecule has 0 aromatic heterocycles. The zero-order chi connectivity index (χ0) is 14.4. The van der Waals surface area contributed by atoms with Crippen LogP contribution in [0.3, 0.4) is 0 Å². The zero-order valence-corrected chi connectivity index (χ0v) is 12.5. The molecule has 1 aromatic carbocycles. The summed E-state index contributed by atoms with van der Waals surface area (Å²) in [7, 11) is -1.92. The van der Waals surface area contributed by atoms with E-state index < -0.39 is 21.4 Å². The molecule has 2 rings (SSSR count). The topological polar surface area (TPSA) is 63.6 Å². The number of methoxy groups -OCH3 is 1. The Balaban J connectivity index is 2.70. The summed E-state index contributed by atoms with van der Waals surface area (Å²) in [5.74, 6) is 0.225. The highest BCUT2D eigenvalue weighted by molar-refractivity contribution is 7.91. The highest BCUT2D eigenvalue weighted by Crippen LogP contribution is 2.41. The van der Waals surface area contributed by atoms with Crippen molar-refractivity contribution in [1.82, 2.24) is 0 Å². The van der Waals surface area contributed by atoms with E-state index in [9.17, 15) is 13.5 Å². The van der Waals surface area contributed by atoms with E-state index in [4.69, 9.17) is 4.74 Å². The Morgan fingerprint density at radius 2 is 2.00 bits per heavy atom. The van der Waals surface area contributed by atoms with Gasteiger partial charge in [-0.25, -0.2) is 8.42 Å². The van der Waals surface area contributed by atoms with Gasteiger partial charge in [0.05, 0.1) is 23.9 Å². The van der Waals surface area contributed by atoms with Gasteiger partial charge in [-0.2, -0.15) is 0 Å². The average Bonchev–Trinajstić information content (AvgIpc) is 2.38. The van der Waals surface area contributed by atoms with E-state index in [-0.39, 0.29) is 16.6 Å². The first-order valence-electron chi connectivity index (χ1n) is 6.28. The Kier molecular flexibility index (Phi) is 3.39. The third kappa shape index (κ3) is 2.37. The first-order valence-corrected chi connectivity index (χ1v) is 7.93. The lowest BCUT2D eigenvalue weighted by atomic mass is 9.79. The Morgan fingerprint density at radius 3 is 2.58 bits per heavy atom. The normalized spacial score (nSPS) is 28.3. The summed E-state index contributed by atoms with van der Waals surface area (Å²) >= 11 is 0. The number of benzene rings is 1. The Hall–Kier alpha value is -1.07. The van der Waals surface area contributed by atoms with Gasteiger partial charge in [0.25, 0.3) is 0 Å². The lowest BCUT2D eigenvalue weighted by Crippen LogP contribution is -2.36. The number of sulfone groups is 1. The fourth-order valence-electron chi connectivity index (χ4n) is 2.79. The number of aliphatic hydroxyl groups excluding tert-OH is 1. The maximum absolute atomic E-state index is 12.5. The Bertz CT molecular complexity index is 589. The Morgan fingerprint density at radius 1 is 1.37 bits per heavy atom. The van der Waals surface area contributed by atoms with Crippen molar-refractivity contribution in [2.45, 2.75) is 37.7 Å². The first kappa shape index (κ1) is 14.3. The molecule has 1 aliphatic rings. The van der Waals surface area contributed by atoms with Crippen LogP contribution in [0.4, 0.5) is 0 Å². The number of fused-ring (bicyclic) bond motifs is 1. The molecule has 0 radical (unpaired) electrons. The van der Waals surface area contributed by atoms with E-state index in [2.05, 4.69) is 0 Å². The van der Waals surface area contributed by atoms with Crippen molar-refractivity contribution < 1.29 is 18.3 Å². The van der Waals surface area contributed by atoms with Crippen LogP contribution in [0.15, 0.2) is 23.1 Å². The summed E-state index contributed by atoms with van der Waals surface area (Å²) in [6, 6.07) is 5.02. The molecule has 4 nitrogen and oxygen atoms in total. The zero-order valence-electron chi connectivity index (χ0n) is 11.7. The maximum Gasteiger partial charge on any atom is 0.179 e. The lowest BCUT2D eigenvalue weighted by Gasteiger charge is -2.31. The van der Waals surface area contributed by atoms with Crippen molar-refractivity contribution in [2.75, 3.05) is 12.9 Å². The molecular weight excluding hydrogens is 264 g/mol. The number of hydrogen-bond donors (Lipinski definition) is 1. The smallest absolute Gasteiger partial charge is 0.179 e. The second-order valence-corrected chi connectivity index (χ2v) is 7.84. The minimum atomic E-state index is -3.42. The van der Waals surface area contributed by atoms with Gasteiger partial charge in [-0.3, -0.25) is 0 Å². The van der Waals surface area contributed by atoms with Crippen LogP contribution in [0.2, 0.25) is 0 Å². The van der Waals surface area contributed by atoms with E-state index in [1.165, 1.54) is 7.11 Å². The van der Waals surface area contributed by atoms with Crippen LogP contribution >= 0.6 is 0 Å². The monoisotopic (exact) mass is 284 g/mol. The SMILES string of the molecule is COc1ccc2c(c1)S(=O)(=O)CC(C)(C)[C@H](O)[C@@H]2C. The van der Waals surface area contributed by atoms with Gasteiger partial charge in [0.1, 0.15) is 5.75 Å². The summed E-state index contributed by atoms with van der Waals surface area (Å²) in [5, 5.41) is 10.4. The van der Waals surface area contributed by atoms with Crippen molar-refractivity contribution >= 4 is 9.84 Å². The van der Waals surface area contributed by atoms with Crippen LogP contribution in [0, 0.1) is 5.41 Å². The molecule has 0 spiro atoms. The van der Waals surface area contributed by atoms with Gasteiger partial charge in [0.2, 0.25) is 0 Å². The number of hydrogen-bond acceptors (Lipinski definition) is 4. The largest absolute Gasteiger partial charge is 0.497 e. The number of aliphatic hydroxyl groups is 1. The summed E-state index contributed by atoms with van der Waals surface area (Å²) in [6.45, 7) is 5.43. The first-order chi connectivity index (χ1) is 8.69. The molecule has 0 bridgehead atoms. The molecule has 0 aliphatic carbocycles. The molecule has 1 N–H and O–H groups in total. The molecule has 106 valence electrons. The molecule has 0 saturated heterocycles. The van der Waals surface area contributed by atoms with Gasteiger partial charge in [-0.05, 0) is 17.7 Å². The van der Waals surface area contributed by atoms with E-state index in [1.54, 1.807) is 32.0 Å². The van der Waals surface area contributed by atoms with Gasteiger partial charge < -0.3 is 9.84 Å². The standard InChI is InChI=1S/C14H20O4S/c1-9-11-6-5-10(18-4)7-12(11)19(16,17)8-14(2,3)13(9)15/h5-7,9,13,15H,8H2,1-4H3/t9-,13-/m1/s1. The van der Waals surface area contributed by atoms with Crippen molar-refractivity contribution in [3.05, 3.63) is 23.8 Å². The Labute approximate surface area is 114 Å². The second kappa shape index (κ2) is 4.49. The molecule has 19 heavy (non-hydrogen) atoms. The molecule has 0 fully saturated rings. The predicted molar refractivity (Wildman–Crippen MR) is 73.2 cm³/mol. The highest BCUT2D eigenvalue weighted by atomic mass is 32.2. The van der Waals surface area contributed by atoms with Gasteiger partial charge in [-0.1, -0.05) is 26.8 Å². The lowest BCUT2D eigenvalue weighted by molar-refractivity contribution is 0.0465.